The van der Waals surface area contributed by atoms with Crippen molar-refractivity contribution in [2.75, 3.05) is 0 Å². The Morgan fingerprint density at radius 2 is 0.959 bits per heavy atom. The first-order valence-electron chi connectivity index (χ1n) is 30.0. The van der Waals surface area contributed by atoms with Gasteiger partial charge < -0.3 is 28.8 Å². The van der Waals surface area contributed by atoms with Crippen LogP contribution in [0, 0.1) is 68.5 Å². The van der Waals surface area contributed by atoms with Gasteiger partial charge in [0.25, 0.3) is 0 Å². The van der Waals surface area contributed by atoms with Crippen LogP contribution in [-0.2, 0) is 47.7 Å². The maximum atomic E-state index is 12.5. The minimum absolute atomic E-state index is 0.0185. The van der Waals surface area contributed by atoms with Gasteiger partial charge in [0.15, 0.2) is 5.60 Å². The smallest absolute Gasteiger partial charge is 0.313 e. The third-order valence-electron chi connectivity index (χ3n) is 21.6. The zero-order chi connectivity index (χ0) is 55.3. The fourth-order valence-corrected chi connectivity index (χ4v) is 14.8. The van der Waals surface area contributed by atoms with Crippen LogP contribution in [0.15, 0.2) is 0 Å². The molecule has 8 bridgehead atoms. The second-order valence-corrected chi connectivity index (χ2v) is 29.7. The Kier molecular flexibility index (Phi) is 17.9. The van der Waals surface area contributed by atoms with Gasteiger partial charge in [0.1, 0.15) is 22.9 Å². The summed E-state index contributed by atoms with van der Waals surface area (Å²) in [6.07, 6.45) is 23.1. The van der Waals surface area contributed by atoms with Crippen LogP contribution in [0.1, 0.15) is 265 Å². The van der Waals surface area contributed by atoms with Gasteiger partial charge in [-0.1, -0.05) is 48.5 Å². The van der Waals surface area contributed by atoms with E-state index in [0.717, 1.165) is 102 Å². The molecular weight excluding hydrogens is 933 g/mol. The highest BCUT2D eigenvalue weighted by Gasteiger charge is 2.62. The van der Waals surface area contributed by atoms with E-state index in [1.807, 2.05) is 83.1 Å². The first kappa shape index (κ1) is 60.5. The van der Waals surface area contributed by atoms with E-state index in [2.05, 4.69) is 34.6 Å². The maximum Gasteiger partial charge on any atom is 0.313 e. The molecule has 5 atom stereocenters. The van der Waals surface area contributed by atoms with E-state index in [1.165, 1.54) is 51.4 Å². The molecule has 11 fully saturated rings. The number of ether oxygens (including phenoxy) is 5. The van der Waals surface area contributed by atoms with Crippen LogP contribution in [0.25, 0.3) is 0 Å². The Bertz CT molecular complexity index is 1970. The molecule has 1 aliphatic heterocycles. The molecule has 5 unspecified atom stereocenters. The van der Waals surface area contributed by atoms with Crippen molar-refractivity contribution >= 4 is 29.8 Å². The van der Waals surface area contributed by atoms with Gasteiger partial charge in [0.05, 0.1) is 33.2 Å². The summed E-state index contributed by atoms with van der Waals surface area (Å²) in [6, 6.07) is 0. The van der Waals surface area contributed by atoms with Gasteiger partial charge in [-0.05, 0) is 246 Å². The molecule has 74 heavy (non-hydrogen) atoms. The summed E-state index contributed by atoms with van der Waals surface area (Å²) < 4.78 is 29.4. The van der Waals surface area contributed by atoms with Gasteiger partial charge >= 0.3 is 29.8 Å². The third-order valence-corrected chi connectivity index (χ3v) is 21.6. The summed E-state index contributed by atoms with van der Waals surface area (Å²) in [4.78, 5) is 61.3. The van der Waals surface area contributed by atoms with Crippen LogP contribution >= 0.6 is 0 Å². The SMILES string of the molecule is CCC(C)(C)C(=O)OC1(C(C)(C)C)CCCC1.CCC(C)(C)C(=O)OC1(C)C2CC3CC(C2)CC1C3.CCC(C)(C)C(=O)OC12CC3CC(CC(O)(C3)C1)C2.CCC(C)(C)C(=O)OC12CCCCC1OC(=O)C2C. The predicted molar refractivity (Wildman–Crippen MR) is 289 cm³/mol. The molecule has 11 rings (SSSR count). The molecule has 1 heterocycles. The van der Waals surface area contributed by atoms with Crippen LogP contribution in [0.4, 0.5) is 0 Å². The van der Waals surface area contributed by atoms with Gasteiger partial charge in [-0.25, -0.2) is 0 Å². The third kappa shape index (κ3) is 12.4. The van der Waals surface area contributed by atoms with Crippen molar-refractivity contribution in [3.8, 4) is 0 Å². The van der Waals surface area contributed by atoms with E-state index in [0.29, 0.717) is 30.1 Å². The Hall–Kier alpha value is -2.69. The van der Waals surface area contributed by atoms with Crippen molar-refractivity contribution in [3.63, 3.8) is 0 Å². The molecule has 1 saturated heterocycles. The van der Waals surface area contributed by atoms with Crippen molar-refractivity contribution in [2.24, 2.45) is 68.5 Å². The average Bonchev–Trinajstić information content (AvgIpc) is 3.89. The monoisotopic (exact) mass is 1040 g/mol. The molecule has 0 aromatic heterocycles. The van der Waals surface area contributed by atoms with Gasteiger partial charge in [0, 0.05) is 11.8 Å². The molecule has 11 aliphatic rings. The van der Waals surface area contributed by atoms with Crippen LogP contribution in [0.5, 0.6) is 0 Å². The van der Waals surface area contributed by atoms with Crippen molar-refractivity contribution < 1.29 is 52.8 Å². The minimum atomic E-state index is -0.723. The first-order valence-corrected chi connectivity index (χ1v) is 30.0. The van der Waals surface area contributed by atoms with E-state index in [4.69, 9.17) is 23.7 Å². The highest BCUT2D eigenvalue weighted by atomic mass is 16.6. The standard InChI is InChI=1S/C17H28O2.C16H26O3.C15H24O4.C15H28O2/c1-5-16(2,3)15(18)19-17(4)13-7-11-6-12(9-13)10-14(17)8-11;1-4-14(2,3)13(17)19-16-8-11-5-12(9-16)7-15(18,6-11)10-16;1-5-14(3,4)13(17)19-15-9-7-6-8-11(15)18-12(16)10(15)2;1-7-14(5,6)12(16)17-15(13(2,3)4)10-8-9-11-15/h11-14H,5-10H2,1-4H3;11-12,18H,4-10H2,1-3H3;10-11H,5-9H2,1-4H3;7-11H2,1-6H3. The number of hydrogen-bond acceptors (Lipinski definition) is 11. The molecule has 0 radical (unpaired) electrons. The molecule has 10 aliphatic carbocycles. The number of aliphatic hydroxyl groups is 1. The summed E-state index contributed by atoms with van der Waals surface area (Å²) >= 11 is 0. The average molecular weight is 1040 g/mol. The molecule has 424 valence electrons. The molecule has 11 heteroatoms. The Labute approximate surface area is 449 Å². The predicted octanol–water partition coefficient (Wildman–Crippen LogP) is 14.4. The quantitative estimate of drug-likeness (QED) is 0.147. The lowest BCUT2D eigenvalue weighted by molar-refractivity contribution is -0.225. The maximum absolute atomic E-state index is 12.5. The summed E-state index contributed by atoms with van der Waals surface area (Å²) in [6.45, 7) is 34.3. The zero-order valence-electron chi connectivity index (χ0n) is 49.9. The van der Waals surface area contributed by atoms with Crippen LogP contribution in [0.2, 0.25) is 0 Å². The fourth-order valence-electron chi connectivity index (χ4n) is 14.8. The molecule has 1 N–H and O–H groups in total. The van der Waals surface area contributed by atoms with E-state index < -0.39 is 22.0 Å². The summed E-state index contributed by atoms with van der Waals surface area (Å²) in [7, 11) is 0. The molecule has 0 aromatic carbocycles. The lowest BCUT2D eigenvalue weighted by atomic mass is 9.50. The van der Waals surface area contributed by atoms with Crippen LogP contribution in [0.3, 0.4) is 0 Å². The molecule has 11 nitrogen and oxygen atoms in total. The van der Waals surface area contributed by atoms with Gasteiger partial charge in [-0.3, -0.25) is 24.0 Å². The first-order chi connectivity index (χ1) is 34.1. The highest BCUT2D eigenvalue weighted by Crippen LogP contribution is 2.61. The Balaban J connectivity index is 0.000000161. The minimum Gasteiger partial charge on any atom is -0.459 e. The number of rotatable bonds is 12. The zero-order valence-corrected chi connectivity index (χ0v) is 49.9. The highest BCUT2D eigenvalue weighted by molar-refractivity contribution is 5.81. The fraction of sp³-hybridized carbons (Fsp3) is 0.921. The Morgan fingerprint density at radius 1 is 0.554 bits per heavy atom. The largest absolute Gasteiger partial charge is 0.459 e. The van der Waals surface area contributed by atoms with Gasteiger partial charge in [-0.15, -0.1) is 0 Å². The van der Waals surface area contributed by atoms with Gasteiger partial charge in [0.2, 0.25) is 0 Å². The second kappa shape index (κ2) is 21.9. The summed E-state index contributed by atoms with van der Waals surface area (Å²) in [5.74, 6) is 3.33. The topological polar surface area (TPSA) is 152 Å². The van der Waals surface area contributed by atoms with Crippen molar-refractivity contribution in [1.82, 2.24) is 0 Å². The van der Waals surface area contributed by atoms with Gasteiger partial charge in [-0.2, -0.15) is 0 Å². The lowest BCUT2D eigenvalue weighted by Gasteiger charge is -2.59. The number of carbonyl (C=O) groups is 5. The van der Waals surface area contributed by atoms with Crippen LogP contribution in [-0.4, -0.2) is 69.1 Å². The van der Waals surface area contributed by atoms with Crippen molar-refractivity contribution in [2.45, 2.75) is 299 Å². The van der Waals surface area contributed by atoms with Crippen LogP contribution < -0.4 is 0 Å². The number of hydrogen-bond donors (Lipinski definition) is 1. The molecule has 0 spiro atoms. The number of carbonyl (C=O) groups excluding carboxylic acids is 5. The molecule has 0 amide bonds. The van der Waals surface area contributed by atoms with E-state index in [1.54, 1.807) is 0 Å². The van der Waals surface area contributed by atoms with E-state index in [9.17, 15) is 29.1 Å². The number of esters is 5. The lowest BCUT2D eigenvalue weighted by Crippen LogP contribution is -2.61. The molecule has 10 saturated carbocycles. The summed E-state index contributed by atoms with van der Waals surface area (Å²) in [5.41, 5.74) is -3.63. The molecule has 0 aromatic rings. The van der Waals surface area contributed by atoms with Crippen molar-refractivity contribution in [3.05, 3.63) is 0 Å². The van der Waals surface area contributed by atoms with E-state index >= 15 is 0 Å². The normalized spacial score (nSPS) is 36.4. The van der Waals surface area contributed by atoms with E-state index in [-0.39, 0.29) is 74.9 Å². The second-order valence-electron chi connectivity index (χ2n) is 29.7. The van der Waals surface area contributed by atoms with Crippen molar-refractivity contribution in [1.29, 1.82) is 0 Å². The Morgan fingerprint density at radius 3 is 1.39 bits per heavy atom. The number of fused-ring (bicyclic) bond motifs is 1. The summed E-state index contributed by atoms with van der Waals surface area (Å²) in [5, 5.41) is 10.6. The molecular formula is C63H106O11.